The normalized spacial score (nSPS) is 10.6. The maximum Gasteiger partial charge on any atom is 0.343 e. The van der Waals surface area contributed by atoms with Crippen molar-refractivity contribution in [2.75, 3.05) is 19.5 Å². The Labute approximate surface area is 200 Å². The molecule has 0 aromatic heterocycles. The van der Waals surface area contributed by atoms with Gasteiger partial charge in [-0.1, -0.05) is 6.07 Å². The third kappa shape index (κ3) is 6.24. The van der Waals surface area contributed by atoms with Crippen molar-refractivity contribution in [2.24, 2.45) is 0 Å². The monoisotopic (exact) mass is 472 g/mol. The minimum atomic E-state index is -1.09. The highest BCUT2D eigenvalue weighted by atomic mass is 16.6. The molecule has 0 aliphatic heterocycles. The van der Waals surface area contributed by atoms with Crippen LogP contribution >= 0.6 is 0 Å². The van der Waals surface area contributed by atoms with Gasteiger partial charge in [0.25, 0.3) is 5.91 Å². The number of hydrogen-bond donors (Lipinski definition) is 2. The number of nitrogens with zero attached hydrogens (tertiary/aromatic N) is 1. The van der Waals surface area contributed by atoms with Gasteiger partial charge in [-0.05, 0) is 72.3 Å². The van der Waals surface area contributed by atoms with Crippen molar-refractivity contribution in [3.05, 3.63) is 89.0 Å². The number of nitrogens with one attached hydrogen (secondary N) is 1. The van der Waals surface area contributed by atoms with Gasteiger partial charge in [0.05, 0.1) is 25.3 Å². The summed E-state index contributed by atoms with van der Waals surface area (Å²) in [4.78, 5) is 35.9. The number of nitriles is 1. The number of carboxylic acids is 1. The second-order valence-corrected chi connectivity index (χ2v) is 7.03. The summed E-state index contributed by atoms with van der Waals surface area (Å²) in [6.07, 6.45) is 1.35. The first-order valence-corrected chi connectivity index (χ1v) is 10.2. The lowest BCUT2D eigenvalue weighted by Gasteiger charge is -2.10. The van der Waals surface area contributed by atoms with Crippen molar-refractivity contribution >= 4 is 29.6 Å². The Morgan fingerprint density at radius 3 is 2.11 bits per heavy atom. The van der Waals surface area contributed by atoms with Crippen LogP contribution in [0, 0.1) is 11.3 Å². The molecule has 0 saturated carbocycles. The second-order valence-electron chi connectivity index (χ2n) is 7.03. The molecule has 3 aromatic carbocycles. The van der Waals surface area contributed by atoms with E-state index in [0.717, 1.165) is 0 Å². The zero-order valence-electron chi connectivity index (χ0n) is 18.8. The largest absolute Gasteiger partial charge is 0.497 e. The molecule has 0 heterocycles. The predicted octanol–water partition coefficient (Wildman–Crippen LogP) is 4.17. The van der Waals surface area contributed by atoms with E-state index in [1.165, 1.54) is 56.7 Å². The highest BCUT2D eigenvalue weighted by Gasteiger charge is 2.15. The van der Waals surface area contributed by atoms with E-state index in [-0.39, 0.29) is 22.6 Å². The Kier molecular flexibility index (Phi) is 7.82. The Balaban J connectivity index is 1.76. The number of amides is 1. The van der Waals surface area contributed by atoms with E-state index >= 15 is 0 Å². The summed E-state index contributed by atoms with van der Waals surface area (Å²) in [5.74, 6) is -1.38. The maximum absolute atomic E-state index is 12.5. The first-order chi connectivity index (χ1) is 16.8. The van der Waals surface area contributed by atoms with Crippen molar-refractivity contribution in [3.63, 3.8) is 0 Å². The van der Waals surface area contributed by atoms with Gasteiger partial charge >= 0.3 is 11.9 Å². The Bertz CT molecular complexity index is 1320. The summed E-state index contributed by atoms with van der Waals surface area (Å²) >= 11 is 0. The number of anilines is 1. The molecular formula is C26H20N2O7. The van der Waals surface area contributed by atoms with Crippen molar-refractivity contribution in [2.45, 2.75) is 0 Å². The van der Waals surface area contributed by atoms with Gasteiger partial charge in [-0.3, -0.25) is 4.79 Å². The number of methoxy groups -OCH3 is 2. The Hall–Kier alpha value is -5.10. The van der Waals surface area contributed by atoms with Gasteiger partial charge < -0.3 is 24.6 Å². The van der Waals surface area contributed by atoms with Gasteiger partial charge in [0.1, 0.15) is 17.4 Å². The van der Waals surface area contributed by atoms with E-state index in [4.69, 9.17) is 19.3 Å². The van der Waals surface area contributed by atoms with Crippen molar-refractivity contribution in [1.82, 2.24) is 0 Å². The zero-order chi connectivity index (χ0) is 25.4. The number of hydrogen-bond acceptors (Lipinski definition) is 7. The number of benzene rings is 3. The third-order valence-corrected chi connectivity index (χ3v) is 4.78. The summed E-state index contributed by atoms with van der Waals surface area (Å²) in [5, 5.41) is 20.9. The SMILES string of the molecule is COc1ccc(C(=O)Oc2ccc(/C=C(\C#N)C(=O)Nc3ccc(C(=O)O)cc3)cc2OC)cc1. The van der Waals surface area contributed by atoms with Gasteiger partial charge in [0.2, 0.25) is 0 Å². The first-order valence-electron chi connectivity index (χ1n) is 10.2. The summed E-state index contributed by atoms with van der Waals surface area (Å²) < 4.78 is 15.8. The molecule has 1 amide bonds. The average Bonchev–Trinajstić information content (AvgIpc) is 2.88. The molecule has 0 aliphatic carbocycles. The summed E-state index contributed by atoms with van der Waals surface area (Å²) in [7, 11) is 2.92. The fourth-order valence-electron chi connectivity index (χ4n) is 2.95. The van der Waals surface area contributed by atoms with Crippen LogP contribution in [0.1, 0.15) is 26.3 Å². The first kappa shape index (κ1) is 24.5. The lowest BCUT2D eigenvalue weighted by Crippen LogP contribution is -2.13. The molecule has 9 nitrogen and oxygen atoms in total. The predicted molar refractivity (Wildman–Crippen MR) is 127 cm³/mol. The Morgan fingerprint density at radius 1 is 0.886 bits per heavy atom. The van der Waals surface area contributed by atoms with Crippen LogP contribution in [0.15, 0.2) is 72.3 Å². The lowest BCUT2D eigenvalue weighted by molar-refractivity contribution is -0.112. The summed E-state index contributed by atoms with van der Waals surface area (Å²) in [6.45, 7) is 0. The van der Waals surface area contributed by atoms with Gasteiger partial charge in [-0.2, -0.15) is 5.26 Å². The standard InChI is InChI=1S/C26H20N2O7/c1-33-21-10-6-18(7-11-21)26(32)35-22-12-3-16(14-23(22)34-2)13-19(15-27)24(29)28-20-8-4-17(5-9-20)25(30)31/h3-14H,1-2H3,(H,28,29)(H,30,31)/b19-13+. The van der Waals surface area contributed by atoms with Crippen LogP contribution in [-0.2, 0) is 4.79 Å². The van der Waals surface area contributed by atoms with E-state index in [2.05, 4.69) is 5.32 Å². The number of carboxylic acid groups (broad SMARTS) is 1. The molecule has 0 unspecified atom stereocenters. The molecule has 3 rings (SSSR count). The van der Waals surface area contributed by atoms with Crippen molar-refractivity contribution in [1.29, 1.82) is 5.26 Å². The third-order valence-electron chi connectivity index (χ3n) is 4.78. The van der Waals surface area contributed by atoms with Crippen LogP contribution in [0.5, 0.6) is 17.2 Å². The molecule has 9 heteroatoms. The van der Waals surface area contributed by atoms with Crippen LogP contribution < -0.4 is 19.5 Å². The molecule has 3 aromatic rings. The van der Waals surface area contributed by atoms with Crippen LogP contribution in [0.3, 0.4) is 0 Å². The van der Waals surface area contributed by atoms with Crippen LogP contribution in [0.2, 0.25) is 0 Å². The number of aromatic carboxylic acids is 1. The minimum Gasteiger partial charge on any atom is -0.497 e. The second kappa shape index (κ2) is 11.2. The molecule has 0 fully saturated rings. The highest BCUT2D eigenvalue weighted by molar-refractivity contribution is 6.09. The lowest BCUT2D eigenvalue weighted by atomic mass is 10.1. The van der Waals surface area contributed by atoms with Gasteiger partial charge in [0, 0.05) is 5.69 Å². The number of ether oxygens (including phenoxy) is 3. The molecule has 0 bridgehead atoms. The van der Waals surface area contributed by atoms with Crippen LogP contribution in [0.25, 0.3) is 6.08 Å². The quantitative estimate of drug-likeness (QED) is 0.216. The zero-order valence-corrected chi connectivity index (χ0v) is 18.8. The number of carbonyl (C=O) groups excluding carboxylic acids is 2. The number of carbonyl (C=O) groups is 3. The van der Waals surface area contributed by atoms with E-state index < -0.39 is 17.8 Å². The van der Waals surface area contributed by atoms with Gasteiger partial charge in [0.15, 0.2) is 11.5 Å². The van der Waals surface area contributed by atoms with Crippen LogP contribution in [-0.4, -0.2) is 37.2 Å². The average molecular weight is 472 g/mol. The molecule has 0 radical (unpaired) electrons. The smallest absolute Gasteiger partial charge is 0.343 e. The minimum absolute atomic E-state index is 0.0684. The van der Waals surface area contributed by atoms with Crippen LogP contribution in [0.4, 0.5) is 5.69 Å². The molecule has 35 heavy (non-hydrogen) atoms. The molecule has 0 saturated heterocycles. The van der Waals surface area contributed by atoms with Gasteiger partial charge in [-0.25, -0.2) is 9.59 Å². The molecular weight excluding hydrogens is 452 g/mol. The molecule has 176 valence electrons. The molecule has 0 aliphatic rings. The Morgan fingerprint density at radius 2 is 1.54 bits per heavy atom. The molecule has 0 atom stereocenters. The fraction of sp³-hybridized carbons (Fsp3) is 0.0769. The highest BCUT2D eigenvalue weighted by Crippen LogP contribution is 2.30. The van der Waals surface area contributed by atoms with E-state index in [1.54, 1.807) is 30.3 Å². The topological polar surface area (TPSA) is 135 Å². The molecule has 2 N–H and O–H groups in total. The van der Waals surface area contributed by atoms with Crippen molar-refractivity contribution in [3.8, 4) is 23.3 Å². The van der Waals surface area contributed by atoms with E-state index in [0.29, 0.717) is 22.6 Å². The maximum atomic E-state index is 12.5. The van der Waals surface area contributed by atoms with Crippen molar-refractivity contribution < 1.29 is 33.7 Å². The van der Waals surface area contributed by atoms with Gasteiger partial charge in [-0.15, -0.1) is 0 Å². The summed E-state index contributed by atoms with van der Waals surface area (Å²) in [5.41, 5.74) is 0.978. The van der Waals surface area contributed by atoms with E-state index in [1.807, 2.05) is 6.07 Å². The molecule has 0 spiro atoms. The van der Waals surface area contributed by atoms with E-state index in [9.17, 15) is 19.6 Å². The number of rotatable bonds is 8. The fourth-order valence-corrected chi connectivity index (χ4v) is 2.95. The summed E-state index contributed by atoms with van der Waals surface area (Å²) in [6, 6.07) is 18.3. The number of esters is 1.